The maximum absolute atomic E-state index is 6.65. The van der Waals surface area contributed by atoms with Crippen LogP contribution in [-0.2, 0) is 0 Å². The lowest BCUT2D eigenvalue weighted by Crippen LogP contribution is -2.06. The zero-order valence-corrected chi connectivity index (χ0v) is 5.20. The third kappa shape index (κ3) is 1.08. The fraction of sp³-hybridized carbons (Fsp3) is 0. The van der Waals surface area contributed by atoms with Crippen LogP contribution >= 0.6 is 0 Å². The van der Waals surface area contributed by atoms with E-state index in [9.17, 15) is 0 Å². The van der Waals surface area contributed by atoms with Gasteiger partial charge in [0.1, 0.15) is 0 Å². The molecule has 1 rings (SSSR count). The van der Waals surface area contributed by atoms with Gasteiger partial charge in [-0.3, -0.25) is 5.84 Å². The summed E-state index contributed by atoms with van der Waals surface area (Å²) in [5, 5.41) is 3.14. The third-order valence-corrected chi connectivity index (χ3v) is 1.05. The fourth-order valence-corrected chi connectivity index (χ4v) is 0.599. The second-order valence-corrected chi connectivity index (χ2v) is 1.63. The number of nitrogen functional groups attached to an aromatic ring is 1. The molecule has 1 aromatic rings. The molecule has 52 valence electrons. The number of hydrogen-bond acceptors (Lipinski definition) is 5. The highest BCUT2D eigenvalue weighted by atomic mass is 15.2. The fourth-order valence-electron chi connectivity index (χ4n) is 0.599. The number of pyridine rings is 1. The molecular weight excluding hydrogens is 130 g/mol. The number of nitrogens with two attached hydrogens (primary N) is 1. The van der Waals surface area contributed by atoms with E-state index in [1.54, 1.807) is 18.3 Å². The summed E-state index contributed by atoms with van der Waals surface area (Å²) in [5.41, 5.74) is 9.58. The van der Waals surface area contributed by atoms with Gasteiger partial charge in [-0.25, -0.2) is 10.5 Å². The number of hydrogen-bond donors (Lipinski definition) is 3. The van der Waals surface area contributed by atoms with Crippen LogP contribution in [0.5, 0.6) is 0 Å². The van der Waals surface area contributed by atoms with Crippen LogP contribution in [-0.4, -0.2) is 4.98 Å². The smallest absolute Gasteiger partial charge is 0.198 e. The minimum absolute atomic E-state index is 0.296. The number of rotatable bonds is 2. The average Bonchev–Trinajstić information content (AvgIpc) is 2.04. The van der Waals surface area contributed by atoms with Gasteiger partial charge in [0.05, 0.1) is 5.69 Å². The Kier molecular flexibility index (Phi) is 1.91. The first-order valence-electron chi connectivity index (χ1n) is 2.67. The Morgan fingerprint density at radius 1 is 1.70 bits per heavy atom. The molecule has 1 heterocycles. The Balaban J connectivity index is 3.08. The molecule has 0 aliphatic rings. The van der Waals surface area contributed by atoms with Crippen LogP contribution in [0, 0.1) is 5.53 Å². The number of nitrogens with zero attached hydrogens (tertiary/aromatic N) is 2. The van der Waals surface area contributed by atoms with E-state index < -0.39 is 0 Å². The first-order chi connectivity index (χ1) is 4.88. The normalized spacial score (nSPS) is 8.90. The minimum Gasteiger partial charge on any atom is -0.321 e. The van der Waals surface area contributed by atoms with Crippen molar-refractivity contribution in [3.05, 3.63) is 18.3 Å². The van der Waals surface area contributed by atoms with Crippen LogP contribution in [0.2, 0.25) is 0 Å². The molecule has 0 amide bonds. The standard InChI is InChI=1S/C5H7N5/c6-9-4-2-1-3-8-5(4)10-7/h1-3,7,9H,6H2. The van der Waals surface area contributed by atoms with Crippen LogP contribution in [0.15, 0.2) is 23.4 Å². The Morgan fingerprint density at radius 3 is 3.00 bits per heavy atom. The van der Waals surface area contributed by atoms with Gasteiger partial charge in [0.25, 0.3) is 0 Å². The predicted octanol–water partition coefficient (Wildman–Crippen LogP) is 1.03. The van der Waals surface area contributed by atoms with Crippen molar-refractivity contribution in [3.8, 4) is 0 Å². The third-order valence-electron chi connectivity index (χ3n) is 1.05. The van der Waals surface area contributed by atoms with Crippen LogP contribution in [0.3, 0.4) is 0 Å². The molecule has 0 fully saturated rings. The number of hydrazine groups is 1. The topological polar surface area (TPSA) is 87.2 Å². The molecule has 0 aliphatic carbocycles. The summed E-state index contributed by atoms with van der Waals surface area (Å²) in [5.74, 6) is 5.39. The average molecular weight is 137 g/mol. The molecule has 0 saturated heterocycles. The van der Waals surface area contributed by atoms with Gasteiger partial charge < -0.3 is 5.43 Å². The zero-order valence-electron chi connectivity index (χ0n) is 5.20. The van der Waals surface area contributed by atoms with E-state index in [1.165, 1.54) is 0 Å². The molecule has 0 spiro atoms. The van der Waals surface area contributed by atoms with E-state index in [2.05, 4.69) is 15.5 Å². The number of nitrogens with one attached hydrogen (secondary N) is 2. The maximum Gasteiger partial charge on any atom is 0.198 e. The lowest BCUT2D eigenvalue weighted by molar-refractivity contribution is 1.09. The molecule has 0 bridgehead atoms. The maximum atomic E-state index is 6.65. The van der Waals surface area contributed by atoms with Crippen LogP contribution in [0.1, 0.15) is 0 Å². The molecule has 4 N–H and O–H groups in total. The van der Waals surface area contributed by atoms with E-state index in [1.807, 2.05) is 0 Å². The highest BCUT2D eigenvalue weighted by molar-refractivity contribution is 5.58. The Bertz CT molecular complexity index is 233. The van der Waals surface area contributed by atoms with Gasteiger partial charge in [-0.05, 0) is 12.1 Å². The van der Waals surface area contributed by atoms with Crippen molar-refractivity contribution in [2.75, 3.05) is 5.43 Å². The van der Waals surface area contributed by atoms with Crippen molar-refractivity contribution in [2.24, 2.45) is 11.0 Å². The van der Waals surface area contributed by atoms with Gasteiger partial charge in [-0.2, -0.15) is 0 Å². The SMILES string of the molecule is N=Nc1ncccc1NN. The summed E-state index contributed by atoms with van der Waals surface area (Å²) < 4.78 is 0. The van der Waals surface area contributed by atoms with Gasteiger partial charge in [-0.15, -0.1) is 5.11 Å². The van der Waals surface area contributed by atoms with E-state index in [0.29, 0.717) is 11.5 Å². The molecular formula is C5H7N5. The monoisotopic (exact) mass is 137 g/mol. The molecule has 10 heavy (non-hydrogen) atoms. The van der Waals surface area contributed by atoms with Gasteiger partial charge in [0, 0.05) is 6.20 Å². The predicted molar refractivity (Wildman–Crippen MR) is 36.9 cm³/mol. The molecule has 5 heteroatoms. The quantitative estimate of drug-likeness (QED) is 0.323. The van der Waals surface area contributed by atoms with Gasteiger partial charge in [0.15, 0.2) is 5.82 Å². The first kappa shape index (κ1) is 6.63. The molecule has 1 aromatic heterocycles. The molecule has 0 saturated carbocycles. The van der Waals surface area contributed by atoms with Crippen molar-refractivity contribution >= 4 is 11.5 Å². The van der Waals surface area contributed by atoms with Crippen molar-refractivity contribution in [1.29, 1.82) is 5.53 Å². The lowest BCUT2D eigenvalue weighted by atomic mass is 10.4. The van der Waals surface area contributed by atoms with E-state index in [-0.39, 0.29) is 0 Å². The number of aromatic nitrogens is 1. The first-order valence-corrected chi connectivity index (χ1v) is 2.67. The van der Waals surface area contributed by atoms with Gasteiger partial charge in [0.2, 0.25) is 0 Å². The second kappa shape index (κ2) is 2.88. The Hall–Kier alpha value is -1.49. The van der Waals surface area contributed by atoms with Crippen molar-refractivity contribution < 1.29 is 0 Å². The Labute approximate surface area is 57.7 Å². The van der Waals surface area contributed by atoms with E-state index >= 15 is 0 Å². The van der Waals surface area contributed by atoms with Crippen molar-refractivity contribution in [3.63, 3.8) is 0 Å². The lowest BCUT2D eigenvalue weighted by Gasteiger charge is -1.98. The molecule has 5 nitrogen and oxygen atoms in total. The Morgan fingerprint density at radius 2 is 2.50 bits per heavy atom. The summed E-state index contributed by atoms with van der Waals surface area (Å²) >= 11 is 0. The van der Waals surface area contributed by atoms with Crippen LogP contribution in [0.25, 0.3) is 0 Å². The summed E-state index contributed by atoms with van der Waals surface area (Å²) in [4.78, 5) is 3.77. The van der Waals surface area contributed by atoms with Gasteiger partial charge in [-0.1, -0.05) is 0 Å². The largest absolute Gasteiger partial charge is 0.321 e. The summed E-state index contributed by atoms with van der Waals surface area (Å²) in [6, 6.07) is 3.41. The van der Waals surface area contributed by atoms with Crippen LogP contribution < -0.4 is 11.3 Å². The highest BCUT2D eigenvalue weighted by Crippen LogP contribution is 2.18. The highest BCUT2D eigenvalue weighted by Gasteiger charge is 1.96. The molecule has 0 atom stereocenters. The summed E-state index contributed by atoms with van der Waals surface area (Å²) in [6.07, 6.45) is 1.55. The molecule has 0 radical (unpaired) electrons. The molecule has 0 aliphatic heterocycles. The summed E-state index contributed by atoms with van der Waals surface area (Å²) in [6.45, 7) is 0. The van der Waals surface area contributed by atoms with Crippen molar-refractivity contribution in [1.82, 2.24) is 4.98 Å². The summed E-state index contributed by atoms with van der Waals surface area (Å²) in [7, 11) is 0. The van der Waals surface area contributed by atoms with E-state index in [0.717, 1.165) is 0 Å². The minimum atomic E-state index is 0.296. The van der Waals surface area contributed by atoms with Crippen LogP contribution in [0.4, 0.5) is 11.5 Å². The zero-order chi connectivity index (χ0) is 7.40. The second-order valence-electron chi connectivity index (χ2n) is 1.63. The molecule has 0 aromatic carbocycles. The van der Waals surface area contributed by atoms with Crippen molar-refractivity contribution in [2.45, 2.75) is 0 Å². The van der Waals surface area contributed by atoms with Gasteiger partial charge >= 0.3 is 0 Å². The number of anilines is 1. The molecule has 0 unspecified atom stereocenters. The van der Waals surface area contributed by atoms with E-state index in [4.69, 9.17) is 11.4 Å².